The van der Waals surface area contributed by atoms with E-state index in [1.807, 2.05) is 11.0 Å². The zero-order valence-electron chi connectivity index (χ0n) is 17.3. The van der Waals surface area contributed by atoms with Crippen LogP contribution in [0.1, 0.15) is 54.6 Å². The van der Waals surface area contributed by atoms with Crippen molar-refractivity contribution in [2.45, 2.75) is 59.4 Å². The van der Waals surface area contributed by atoms with E-state index in [2.05, 4.69) is 62.6 Å². The van der Waals surface area contributed by atoms with Crippen molar-refractivity contribution in [2.75, 3.05) is 11.4 Å². The SMILES string of the molecule is CCCCn1c([C@H]2CC(=O)N(c3c(C)cc(C)cc3C)C2)nc2ccccc21. The molecule has 1 aliphatic rings. The third-order valence-corrected chi connectivity index (χ3v) is 5.81. The van der Waals surface area contributed by atoms with Crippen LogP contribution in [-0.4, -0.2) is 22.0 Å². The van der Waals surface area contributed by atoms with E-state index in [0.29, 0.717) is 13.0 Å². The number of carbonyl (C=O) groups is 1. The molecule has 0 aliphatic carbocycles. The Morgan fingerprint density at radius 1 is 1.11 bits per heavy atom. The minimum atomic E-state index is 0.136. The second-order valence-corrected chi connectivity index (χ2v) is 8.12. The summed E-state index contributed by atoms with van der Waals surface area (Å²) >= 11 is 0. The van der Waals surface area contributed by atoms with Crippen molar-refractivity contribution in [1.29, 1.82) is 0 Å². The van der Waals surface area contributed by atoms with E-state index in [1.54, 1.807) is 0 Å². The number of amides is 1. The maximum absolute atomic E-state index is 13.0. The van der Waals surface area contributed by atoms with Gasteiger partial charge in [-0.25, -0.2) is 4.98 Å². The van der Waals surface area contributed by atoms with Gasteiger partial charge >= 0.3 is 0 Å². The molecule has 0 saturated carbocycles. The topological polar surface area (TPSA) is 38.1 Å². The van der Waals surface area contributed by atoms with Gasteiger partial charge in [0.15, 0.2) is 0 Å². The lowest BCUT2D eigenvalue weighted by atomic mass is 10.0. The van der Waals surface area contributed by atoms with Crippen LogP contribution in [0.3, 0.4) is 0 Å². The molecule has 4 heteroatoms. The normalized spacial score (nSPS) is 17.1. The number of nitrogens with zero attached hydrogens (tertiary/aromatic N) is 3. The highest BCUT2D eigenvalue weighted by Gasteiger charge is 2.35. The molecule has 4 rings (SSSR count). The van der Waals surface area contributed by atoms with Gasteiger partial charge in [-0.2, -0.15) is 0 Å². The monoisotopic (exact) mass is 375 g/mol. The van der Waals surface area contributed by atoms with Gasteiger partial charge < -0.3 is 9.47 Å². The van der Waals surface area contributed by atoms with Crippen molar-refractivity contribution in [3.05, 3.63) is 58.9 Å². The third kappa shape index (κ3) is 3.21. The molecule has 2 aromatic carbocycles. The van der Waals surface area contributed by atoms with Crippen LogP contribution in [-0.2, 0) is 11.3 Å². The summed E-state index contributed by atoms with van der Waals surface area (Å²) in [5, 5.41) is 0. The summed E-state index contributed by atoms with van der Waals surface area (Å²) in [4.78, 5) is 19.9. The number of imidazole rings is 1. The van der Waals surface area contributed by atoms with E-state index < -0.39 is 0 Å². The van der Waals surface area contributed by atoms with Crippen LogP contribution in [0, 0.1) is 20.8 Å². The molecule has 4 nitrogen and oxygen atoms in total. The van der Waals surface area contributed by atoms with Crippen LogP contribution in [0.2, 0.25) is 0 Å². The first kappa shape index (κ1) is 18.7. The number of aryl methyl sites for hydroxylation is 4. The quantitative estimate of drug-likeness (QED) is 0.608. The average Bonchev–Trinajstić information content (AvgIpc) is 3.20. The molecule has 28 heavy (non-hydrogen) atoms. The van der Waals surface area contributed by atoms with Crippen molar-refractivity contribution in [3.8, 4) is 0 Å². The molecule has 3 aromatic rings. The van der Waals surface area contributed by atoms with Gasteiger partial charge in [-0.05, 0) is 50.5 Å². The van der Waals surface area contributed by atoms with Crippen molar-refractivity contribution < 1.29 is 4.79 Å². The Labute approximate surface area is 167 Å². The average molecular weight is 376 g/mol. The minimum Gasteiger partial charge on any atom is -0.328 e. The fourth-order valence-electron chi connectivity index (χ4n) is 4.65. The zero-order valence-corrected chi connectivity index (χ0v) is 17.3. The highest BCUT2D eigenvalue weighted by molar-refractivity contribution is 5.98. The Morgan fingerprint density at radius 3 is 2.54 bits per heavy atom. The summed E-state index contributed by atoms with van der Waals surface area (Å²) in [5.74, 6) is 1.40. The molecule has 0 radical (unpaired) electrons. The summed E-state index contributed by atoms with van der Waals surface area (Å²) in [6.07, 6.45) is 2.79. The van der Waals surface area contributed by atoms with Crippen molar-refractivity contribution in [2.24, 2.45) is 0 Å². The molecular formula is C24H29N3O. The van der Waals surface area contributed by atoms with Gasteiger partial charge in [0.1, 0.15) is 5.82 Å². The third-order valence-electron chi connectivity index (χ3n) is 5.81. The summed E-state index contributed by atoms with van der Waals surface area (Å²) in [6, 6.07) is 12.7. The van der Waals surface area contributed by atoms with Crippen LogP contribution in [0.5, 0.6) is 0 Å². The minimum absolute atomic E-state index is 0.136. The smallest absolute Gasteiger partial charge is 0.227 e. The molecule has 1 fully saturated rings. The Bertz CT molecular complexity index is 1010. The molecule has 1 atom stereocenters. The number of fused-ring (bicyclic) bond motifs is 1. The molecule has 1 aliphatic heterocycles. The van der Waals surface area contributed by atoms with E-state index in [0.717, 1.165) is 36.4 Å². The van der Waals surface area contributed by atoms with Crippen LogP contribution >= 0.6 is 0 Å². The predicted octanol–water partition coefficient (Wildman–Crippen LogP) is 5.28. The summed E-state index contributed by atoms with van der Waals surface area (Å²) < 4.78 is 2.34. The Hall–Kier alpha value is -2.62. The molecule has 1 amide bonds. The maximum atomic E-state index is 13.0. The fraction of sp³-hybridized carbons (Fsp3) is 0.417. The summed E-state index contributed by atoms with van der Waals surface area (Å²) in [5.41, 5.74) is 6.87. The number of para-hydroxylation sites is 2. The molecular weight excluding hydrogens is 346 g/mol. The molecule has 1 saturated heterocycles. The van der Waals surface area contributed by atoms with E-state index in [4.69, 9.17) is 4.98 Å². The number of benzene rings is 2. The van der Waals surface area contributed by atoms with Gasteiger partial charge in [0.2, 0.25) is 5.91 Å². The van der Waals surface area contributed by atoms with Gasteiger partial charge in [0.05, 0.1) is 11.0 Å². The summed E-state index contributed by atoms with van der Waals surface area (Å²) in [6.45, 7) is 10.2. The molecule has 146 valence electrons. The lowest BCUT2D eigenvalue weighted by Gasteiger charge is -2.22. The highest BCUT2D eigenvalue weighted by Crippen LogP contribution is 2.36. The van der Waals surface area contributed by atoms with Crippen molar-refractivity contribution >= 4 is 22.6 Å². The fourth-order valence-corrected chi connectivity index (χ4v) is 4.65. The first-order chi connectivity index (χ1) is 13.5. The molecule has 0 bridgehead atoms. The van der Waals surface area contributed by atoms with E-state index >= 15 is 0 Å². The van der Waals surface area contributed by atoms with Gasteiger partial charge in [0.25, 0.3) is 0 Å². The van der Waals surface area contributed by atoms with Crippen LogP contribution in [0.4, 0.5) is 5.69 Å². The number of unbranched alkanes of at least 4 members (excludes halogenated alkanes) is 1. The van der Waals surface area contributed by atoms with Crippen molar-refractivity contribution in [1.82, 2.24) is 9.55 Å². The maximum Gasteiger partial charge on any atom is 0.227 e. The largest absolute Gasteiger partial charge is 0.328 e. The lowest BCUT2D eigenvalue weighted by molar-refractivity contribution is -0.117. The van der Waals surface area contributed by atoms with Gasteiger partial charge in [-0.3, -0.25) is 4.79 Å². The molecule has 1 aromatic heterocycles. The number of hydrogen-bond acceptors (Lipinski definition) is 2. The zero-order chi connectivity index (χ0) is 19.8. The molecule has 0 N–H and O–H groups in total. The standard InChI is InChI=1S/C24H29N3O/c1-5-6-11-26-21-10-8-7-9-20(21)25-24(26)19-14-22(28)27(15-19)23-17(3)12-16(2)13-18(23)4/h7-10,12-13,19H,5-6,11,14-15H2,1-4H3/t19-/m0/s1. The first-order valence-corrected chi connectivity index (χ1v) is 10.3. The Balaban J connectivity index is 1.72. The number of carbonyl (C=O) groups excluding carboxylic acids is 1. The second kappa shape index (κ2) is 7.42. The van der Waals surface area contributed by atoms with E-state index in [1.165, 1.54) is 22.2 Å². The van der Waals surface area contributed by atoms with Crippen LogP contribution in [0.25, 0.3) is 11.0 Å². The predicted molar refractivity (Wildman–Crippen MR) is 115 cm³/mol. The second-order valence-electron chi connectivity index (χ2n) is 8.12. The van der Waals surface area contributed by atoms with Crippen LogP contribution < -0.4 is 4.90 Å². The van der Waals surface area contributed by atoms with Gasteiger partial charge in [-0.1, -0.05) is 43.2 Å². The number of hydrogen-bond donors (Lipinski definition) is 0. The molecule has 0 spiro atoms. The lowest BCUT2D eigenvalue weighted by Crippen LogP contribution is -2.26. The summed E-state index contributed by atoms with van der Waals surface area (Å²) in [7, 11) is 0. The Kier molecular flexibility index (Phi) is 4.96. The Morgan fingerprint density at radius 2 is 1.82 bits per heavy atom. The van der Waals surface area contributed by atoms with Gasteiger partial charge in [-0.15, -0.1) is 0 Å². The number of anilines is 1. The highest BCUT2D eigenvalue weighted by atomic mass is 16.2. The first-order valence-electron chi connectivity index (χ1n) is 10.3. The van der Waals surface area contributed by atoms with Gasteiger partial charge in [0, 0.05) is 31.1 Å². The number of rotatable bonds is 5. The van der Waals surface area contributed by atoms with Crippen LogP contribution in [0.15, 0.2) is 36.4 Å². The molecule has 0 unspecified atom stereocenters. The van der Waals surface area contributed by atoms with Crippen molar-refractivity contribution in [3.63, 3.8) is 0 Å². The number of aromatic nitrogens is 2. The molecule has 2 heterocycles. The van der Waals surface area contributed by atoms with E-state index in [-0.39, 0.29) is 11.8 Å². The van der Waals surface area contributed by atoms with E-state index in [9.17, 15) is 4.79 Å².